The fourth-order valence-electron chi connectivity index (χ4n) is 2.10. The molecule has 2 rings (SSSR count). The van der Waals surface area contributed by atoms with Crippen LogP contribution in [0.5, 0.6) is 0 Å². The number of carbonyl (C=O) groups is 1. The monoisotopic (exact) mass is 305 g/mol. The first kappa shape index (κ1) is 14.6. The van der Waals surface area contributed by atoms with Crippen molar-refractivity contribution in [3.8, 4) is 0 Å². The Balaban J connectivity index is 2.28. The van der Waals surface area contributed by atoms with Gasteiger partial charge in [-0.15, -0.1) is 0 Å². The molecule has 0 radical (unpaired) electrons. The predicted octanol–water partition coefficient (Wildman–Crippen LogP) is 3.12. The van der Waals surface area contributed by atoms with Crippen LogP contribution >= 0.6 is 23.2 Å². The van der Waals surface area contributed by atoms with E-state index in [4.69, 9.17) is 28.3 Å². The fourth-order valence-corrected chi connectivity index (χ4v) is 2.56. The van der Waals surface area contributed by atoms with Gasteiger partial charge < -0.3 is 10.0 Å². The van der Waals surface area contributed by atoms with Gasteiger partial charge in [-0.2, -0.15) is 0 Å². The molecule has 0 atom stereocenters. The van der Waals surface area contributed by atoms with Gasteiger partial charge in [-0.3, -0.25) is 4.79 Å². The van der Waals surface area contributed by atoms with Crippen LogP contribution in [0.3, 0.4) is 0 Å². The molecule has 3 nitrogen and oxygen atoms in total. The summed E-state index contributed by atoms with van der Waals surface area (Å²) in [6, 6.07) is 2.38. The van der Waals surface area contributed by atoms with Crippen molar-refractivity contribution in [1.82, 2.24) is 4.90 Å². The zero-order valence-corrected chi connectivity index (χ0v) is 11.7. The number of benzene rings is 1. The molecule has 1 fully saturated rings. The first-order valence-corrected chi connectivity index (χ1v) is 6.86. The molecule has 0 saturated heterocycles. The molecule has 0 spiro atoms. The molecular formula is C13H14Cl2FNO2. The Labute approximate surface area is 120 Å². The van der Waals surface area contributed by atoms with Crippen molar-refractivity contribution in [2.45, 2.75) is 25.3 Å². The standard InChI is InChI=1S/C13H14Cl2FNO2/c14-10-7-11(15)12(16)6-9(10)13(19)17(4-5-18)8-2-1-3-8/h6-8,18H,1-5H2. The molecule has 1 aliphatic carbocycles. The van der Waals surface area contributed by atoms with Gasteiger partial charge in [0.15, 0.2) is 0 Å². The van der Waals surface area contributed by atoms with Crippen molar-refractivity contribution in [1.29, 1.82) is 0 Å². The molecule has 104 valence electrons. The molecule has 1 amide bonds. The molecule has 1 aromatic rings. The number of halogens is 3. The number of aliphatic hydroxyl groups excluding tert-OH is 1. The lowest BCUT2D eigenvalue weighted by molar-refractivity contribution is 0.0525. The predicted molar refractivity (Wildman–Crippen MR) is 72.2 cm³/mol. The highest BCUT2D eigenvalue weighted by Gasteiger charge is 2.30. The highest BCUT2D eigenvalue weighted by atomic mass is 35.5. The molecule has 0 aromatic heterocycles. The Bertz CT molecular complexity index is 492. The molecule has 1 aliphatic rings. The zero-order valence-electron chi connectivity index (χ0n) is 10.2. The SMILES string of the molecule is O=C(c1cc(F)c(Cl)cc1Cl)N(CCO)C1CCC1. The van der Waals surface area contributed by atoms with Crippen molar-refractivity contribution in [2.75, 3.05) is 13.2 Å². The van der Waals surface area contributed by atoms with Crippen LogP contribution < -0.4 is 0 Å². The van der Waals surface area contributed by atoms with Crippen molar-refractivity contribution in [3.63, 3.8) is 0 Å². The van der Waals surface area contributed by atoms with Crippen molar-refractivity contribution in [3.05, 3.63) is 33.6 Å². The summed E-state index contributed by atoms with van der Waals surface area (Å²) < 4.78 is 13.5. The van der Waals surface area contributed by atoms with Crippen LogP contribution in [0.2, 0.25) is 10.0 Å². The summed E-state index contributed by atoms with van der Waals surface area (Å²) in [6.45, 7) is 0.0972. The number of hydrogen-bond donors (Lipinski definition) is 1. The minimum Gasteiger partial charge on any atom is -0.395 e. The van der Waals surface area contributed by atoms with Crippen molar-refractivity contribution in [2.24, 2.45) is 0 Å². The maximum Gasteiger partial charge on any atom is 0.255 e. The second-order valence-electron chi connectivity index (χ2n) is 4.55. The van der Waals surface area contributed by atoms with Crippen LogP contribution in [0.4, 0.5) is 4.39 Å². The first-order valence-electron chi connectivity index (χ1n) is 6.11. The summed E-state index contributed by atoms with van der Waals surface area (Å²) in [4.78, 5) is 13.9. The topological polar surface area (TPSA) is 40.5 Å². The normalized spacial score (nSPS) is 15.2. The minimum absolute atomic E-state index is 0.0870. The fraction of sp³-hybridized carbons (Fsp3) is 0.462. The van der Waals surface area contributed by atoms with E-state index in [1.165, 1.54) is 6.07 Å². The number of amides is 1. The Morgan fingerprint density at radius 2 is 2.05 bits per heavy atom. The molecule has 1 aromatic carbocycles. The van der Waals surface area contributed by atoms with E-state index in [2.05, 4.69) is 0 Å². The van der Waals surface area contributed by atoms with Gasteiger partial charge in [0.1, 0.15) is 5.82 Å². The number of hydrogen-bond acceptors (Lipinski definition) is 2. The summed E-state index contributed by atoms with van der Waals surface area (Å²) in [5.74, 6) is -1.04. The lowest BCUT2D eigenvalue weighted by Crippen LogP contribution is -2.45. The number of rotatable bonds is 4. The molecule has 0 bridgehead atoms. The summed E-state index contributed by atoms with van der Waals surface area (Å²) in [7, 11) is 0. The van der Waals surface area contributed by atoms with E-state index >= 15 is 0 Å². The molecular weight excluding hydrogens is 292 g/mol. The third-order valence-corrected chi connectivity index (χ3v) is 3.96. The largest absolute Gasteiger partial charge is 0.395 e. The lowest BCUT2D eigenvalue weighted by Gasteiger charge is -2.37. The average Bonchev–Trinajstić information content (AvgIpc) is 2.30. The second-order valence-corrected chi connectivity index (χ2v) is 5.37. The minimum atomic E-state index is -0.674. The first-order chi connectivity index (χ1) is 9.04. The number of nitrogens with zero attached hydrogens (tertiary/aromatic N) is 1. The quantitative estimate of drug-likeness (QED) is 0.868. The number of aliphatic hydroxyl groups is 1. The van der Waals surface area contributed by atoms with Crippen LogP contribution in [0.15, 0.2) is 12.1 Å². The van der Waals surface area contributed by atoms with Gasteiger partial charge in [0.25, 0.3) is 5.91 Å². The Kier molecular flexibility index (Phi) is 4.66. The summed E-state index contributed by atoms with van der Waals surface area (Å²) in [6.07, 6.45) is 2.86. The smallest absolute Gasteiger partial charge is 0.255 e. The van der Waals surface area contributed by atoms with Crippen molar-refractivity contribution < 1.29 is 14.3 Å². The highest BCUT2D eigenvalue weighted by Crippen LogP contribution is 2.29. The Morgan fingerprint density at radius 1 is 1.37 bits per heavy atom. The van der Waals surface area contributed by atoms with Gasteiger partial charge in [-0.1, -0.05) is 23.2 Å². The molecule has 1 N–H and O–H groups in total. The third kappa shape index (κ3) is 3.02. The van der Waals surface area contributed by atoms with Gasteiger partial charge >= 0.3 is 0 Å². The lowest BCUT2D eigenvalue weighted by atomic mass is 9.91. The van der Waals surface area contributed by atoms with Gasteiger partial charge in [-0.05, 0) is 31.4 Å². The molecule has 1 saturated carbocycles. The summed E-state index contributed by atoms with van der Waals surface area (Å²) >= 11 is 11.6. The van der Waals surface area contributed by atoms with Crippen LogP contribution in [0.25, 0.3) is 0 Å². The van der Waals surface area contributed by atoms with Gasteiger partial charge in [0.05, 0.1) is 22.2 Å². The van der Waals surface area contributed by atoms with Crippen LogP contribution in [0, 0.1) is 5.82 Å². The summed E-state index contributed by atoms with van der Waals surface area (Å²) in [5, 5.41) is 9.06. The Hall–Kier alpha value is -0.840. The van der Waals surface area contributed by atoms with Gasteiger partial charge in [0.2, 0.25) is 0 Å². The van der Waals surface area contributed by atoms with E-state index in [9.17, 15) is 9.18 Å². The van der Waals surface area contributed by atoms with E-state index in [0.717, 1.165) is 25.3 Å². The zero-order chi connectivity index (χ0) is 14.0. The third-order valence-electron chi connectivity index (χ3n) is 3.36. The second kappa shape index (κ2) is 6.07. The highest BCUT2D eigenvalue weighted by molar-refractivity contribution is 6.36. The van der Waals surface area contributed by atoms with Crippen molar-refractivity contribution >= 4 is 29.1 Å². The van der Waals surface area contributed by atoms with Crippen LogP contribution in [0.1, 0.15) is 29.6 Å². The van der Waals surface area contributed by atoms with E-state index in [-0.39, 0.29) is 40.7 Å². The molecule has 19 heavy (non-hydrogen) atoms. The molecule has 6 heteroatoms. The molecule has 0 aliphatic heterocycles. The Morgan fingerprint density at radius 3 is 2.58 bits per heavy atom. The van der Waals surface area contributed by atoms with Crippen LogP contribution in [-0.2, 0) is 0 Å². The summed E-state index contributed by atoms with van der Waals surface area (Å²) in [5.41, 5.74) is 0.0870. The van der Waals surface area contributed by atoms with E-state index in [0.29, 0.717) is 0 Å². The van der Waals surface area contributed by atoms with Crippen LogP contribution in [-0.4, -0.2) is 35.1 Å². The average molecular weight is 306 g/mol. The van der Waals surface area contributed by atoms with Gasteiger partial charge in [-0.25, -0.2) is 4.39 Å². The van der Waals surface area contributed by atoms with E-state index in [1.807, 2.05) is 0 Å². The van der Waals surface area contributed by atoms with E-state index in [1.54, 1.807) is 4.90 Å². The molecule has 0 heterocycles. The number of carbonyl (C=O) groups excluding carboxylic acids is 1. The van der Waals surface area contributed by atoms with Gasteiger partial charge in [0, 0.05) is 12.6 Å². The maximum absolute atomic E-state index is 13.5. The van der Waals surface area contributed by atoms with E-state index < -0.39 is 5.82 Å². The molecule has 0 unspecified atom stereocenters. The maximum atomic E-state index is 13.5.